The van der Waals surface area contributed by atoms with Gasteiger partial charge in [-0.25, -0.2) is 4.79 Å². The molecule has 0 spiro atoms. The van der Waals surface area contributed by atoms with E-state index in [0.29, 0.717) is 17.9 Å². The number of esters is 1. The van der Waals surface area contributed by atoms with Crippen LogP contribution in [0.1, 0.15) is 27.0 Å². The van der Waals surface area contributed by atoms with Crippen molar-refractivity contribution in [3.63, 3.8) is 0 Å². The summed E-state index contributed by atoms with van der Waals surface area (Å²) in [4.78, 5) is 14.1. The van der Waals surface area contributed by atoms with Gasteiger partial charge in [0.25, 0.3) is 0 Å². The molecule has 0 saturated carbocycles. The largest absolute Gasteiger partial charge is 0.496 e. The Bertz CT molecular complexity index is 782. The fourth-order valence-corrected chi connectivity index (χ4v) is 4.60. The Balaban J connectivity index is 2.30. The van der Waals surface area contributed by atoms with Crippen LogP contribution in [0.15, 0.2) is 41.3 Å². The summed E-state index contributed by atoms with van der Waals surface area (Å²) < 4.78 is 11.3. The molecule has 0 amide bonds. The predicted molar refractivity (Wildman–Crippen MR) is 117 cm³/mol. The van der Waals surface area contributed by atoms with Crippen LogP contribution in [-0.2, 0) is 10.5 Å². The second-order valence-corrected chi connectivity index (χ2v) is 14.6. The highest BCUT2D eigenvalue weighted by atomic mass is 32.2. The molecule has 0 N–H and O–H groups in total. The average molecular weight is 403 g/mol. The molecule has 0 radical (unpaired) electrons. The Morgan fingerprint density at radius 2 is 1.74 bits per heavy atom. The van der Waals surface area contributed by atoms with Crippen molar-refractivity contribution < 1.29 is 14.3 Å². The van der Waals surface area contributed by atoms with Crippen molar-refractivity contribution in [3.8, 4) is 5.75 Å². The van der Waals surface area contributed by atoms with Gasteiger partial charge in [-0.3, -0.25) is 0 Å². The van der Waals surface area contributed by atoms with Gasteiger partial charge in [-0.05, 0) is 43.2 Å². The van der Waals surface area contributed by atoms with Crippen LogP contribution in [0.25, 0.3) is 0 Å². The molecular formula is C22H30O3SSi. The van der Waals surface area contributed by atoms with Gasteiger partial charge in [0, 0.05) is 24.3 Å². The van der Waals surface area contributed by atoms with Gasteiger partial charge in [0.15, 0.2) is 0 Å². The standard InChI is InChI=1S/C22H30O3SSi/c1-16-14-17(2)21(24-3)19(15-26-18-10-8-7-9-11-18)20(16)22(23)25-12-13-27(4,5)6/h7-11,14H,12-13,15H2,1-6H3. The monoisotopic (exact) mass is 402 g/mol. The molecule has 0 unspecified atom stereocenters. The number of ether oxygens (including phenoxy) is 2. The fourth-order valence-electron chi connectivity index (χ4n) is 2.95. The minimum absolute atomic E-state index is 0.243. The molecule has 0 bridgehead atoms. The highest BCUT2D eigenvalue weighted by molar-refractivity contribution is 7.98. The first kappa shape index (κ1) is 21.6. The first-order valence-corrected chi connectivity index (χ1v) is 13.9. The smallest absolute Gasteiger partial charge is 0.338 e. The lowest BCUT2D eigenvalue weighted by Crippen LogP contribution is -2.23. The second kappa shape index (κ2) is 9.47. The molecule has 0 fully saturated rings. The maximum Gasteiger partial charge on any atom is 0.338 e. The van der Waals surface area contributed by atoms with E-state index in [1.54, 1.807) is 18.9 Å². The SMILES string of the molecule is COc1c(C)cc(C)c(C(=O)OCC[Si](C)(C)C)c1CSc1ccccc1. The van der Waals surface area contributed by atoms with Crippen molar-refractivity contribution in [1.82, 2.24) is 0 Å². The van der Waals surface area contributed by atoms with E-state index in [4.69, 9.17) is 9.47 Å². The van der Waals surface area contributed by atoms with Crippen molar-refractivity contribution in [2.24, 2.45) is 0 Å². The summed E-state index contributed by atoms with van der Waals surface area (Å²) in [5.74, 6) is 1.20. The molecule has 0 heterocycles. The molecule has 0 aliphatic rings. The Kier molecular flexibility index (Phi) is 7.56. The predicted octanol–water partition coefficient (Wildman–Crippen LogP) is 6.10. The maximum atomic E-state index is 12.9. The van der Waals surface area contributed by atoms with Gasteiger partial charge in [-0.15, -0.1) is 11.8 Å². The molecule has 3 nitrogen and oxygen atoms in total. The molecule has 5 heteroatoms. The third-order valence-corrected chi connectivity index (χ3v) is 7.12. The summed E-state index contributed by atoms with van der Waals surface area (Å²) >= 11 is 1.70. The first-order chi connectivity index (χ1) is 12.7. The van der Waals surface area contributed by atoms with E-state index in [9.17, 15) is 4.79 Å². The molecule has 2 rings (SSSR count). The van der Waals surface area contributed by atoms with Crippen molar-refractivity contribution in [2.75, 3.05) is 13.7 Å². The molecule has 0 aromatic heterocycles. The Hall–Kier alpha value is -1.72. The van der Waals surface area contributed by atoms with E-state index in [-0.39, 0.29) is 5.97 Å². The first-order valence-electron chi connectivity index (χ1n) is 9.25. The third-order valence-electron chi connectivity index (χ3n) is 4.38. The van der Waals surface area contributed by atoms with E-state index in [1.807, 2.05) is 38.1 Å². The van der Waals surface area contributed by atoms with Gasteiger partial charge in [0.2, 0.25) is 0 Å². The van der Waals surface area contributed by atoms with Gasteiger partial charge < -0.3 is 9.47 Å². The number of benzene rings is 2. The summed E-state index contributed by atoms with van der Waals surface area (Å²) in [5, 5.41) is 0. The van der Waals surface area contributed by atoms with E-state index in [1.165, 1.54) is 0 Å². The Morgan fingerprint density at radius 3 is 2.33 bits per heavy atom. The van der Waals surface area contributed by atoms with Crippen molar-refractivity contribution in [3.05, 3.63) is 58.7 Å². The summed E-state index contributed by atoms with van der Waals surface area (Å²) in [6.45, 7) is 11.3. The number of aryl methyl sites for hydroxylation is 2. The van der Waals surface area contributed by atoms with Gasteiger partial charge in [0.05, 0.1) is 19.3 Å². The van der Waals surface area contributed by atoms with Crippen LogP contribution in [-0.4, -0.2) is 27.8 Å². The third kappa shape index (κ3) is 6.15. The van der Waals surface area contributed by atoms with E-state index in [2.05, 4.69) is 31.8 Å². The highest BCUT2D eigenvalue weighted by Crippen LogP contribution is 2.35. The summed E-state index contributed by atoms with van der Waals surface area (Å²) in [6, 6.07) is 13.2. The van der Waals surface area contributed by atoms with Crippen LogP contribution in [0.3, 0.4) is 0 Å². The zero-order valence-corrected chi connectivity index (χ0v) is 19.0. The molecule has 0 aliphatic heterocycles. The van der Waals surface area contributed by atoms with E-state index in [0.717, 1.165) is 33.4 Å². The van der Waals surface area contributed by atoms with Crippen LogP contribution in [0.2, 0.25) is 25.7 Å². The Labute approximate surface area is 168 Å². The Morgan fingerprint density at radius 1 is 1.07 bits per heavy atom. The molecule has 27 heavy (non-hydrogen) atoms. The zero-order chi connectivity index (χ0) is 20.0. The number of thioether (sulfide) groups is 1. The zero-order valence-electron chi connectivity index (χ0n) is 17.2. The fraction of sp³-hybridized carbons (Fsp3) is 0.409. The number of methoxy groups -OCH3 is 1. The normalized spacial score (nSPS) is 11.3. The average Bonchev–Trinajstić information content (AvgIpc) is 2.59. The summed E-state index contributed by atoms with van der Waals surface area (Å²) in [6.07, 6.45) is 0. The number of rotatable bonds is 8. The second-order valence-electron chi connectivity index (χ2n) is 7.95. The van der Waals surface area contributed by atoms with Crippen molar-refractivity contribution in [2.45, 2.75) is 50.2 Å². The van der Waals surface area contributed by atoms with Crippen LogP contribution < -0.4 is 4.74 Å². The van der Waals surface area contributed by atoms with E-state index < -0.39 is 8.07 Å². The number of hydrogen-bond acceptors (Lipinski definition) is 4. The highest BCUT2D eigenvalue weighted by Gasteiger charge is 2.23. The van der Waals surface area contributed by atoms with Crippen molar-refractivity contribution >= 4 is 25.8 Å². The minimum atomic E-state index is -1.24. The quantitative estimate of drug-likeness (QED) is 0.304. The lowest BCUT2D eigenvalue weighted by molar-refractivity contribution is 0.0523. The molecule has 0 saturated heterocycles. The molecule has 0 aliphatic carbocycles. The molecule has 2 aromatic carbocycles. The minimum Gasteiger partial charge on any atom is -0.496 e. The number of hydrogen-bond donors (Lipinski definition) is 0. The molecule has 146 valence electrons. The summed E-state index contributed by atoms with van der Waals surface area (Å²) in [5.41, 5.74) is 3.55. The maximum absolute atomic E-state index is 12.9. The lowest BCUT2D eigenvalue weighted by Gasteiger charge is -2.19. The topological polar surface area (TPSA) is 35.5 Å². The number of carbonyl (C=O) groups excluding carboxylic acids is 1. The molecular weight excluding hydrogens is 372 g/mol. The van der Waals surface area contributed by atoms with Crippen molar-refractivity contribution in [1.29, 1.82) is 0 Å². The number of carbonyl (C=O) groups is 1. The summed E-state index contributed by atoms with van der Waals surface area (Å²) in [7, 11) is 0.417. The van der Waals surface area contributed by atoms with Gasteiger partial charge >= 0.3 is 5.97 Å². The van der Waals surface area contributed by atoms with Gasteiger partial charge in [-0.1, -0.05) is 43.9 Å². The van der Waals surface area contributed by atoms with Crippen LogP contribution in [0.5, 0.6) is 5.75 Å². The van der Waals surface area contributed by atoms with Crippen LogP contribution in [0.4, 0.5) is 0 Å². The van der Waals surface area contributed by atoms with Gasteiger partial charge in [0.1, 0.15) is 5.75 Å². The molecule has 2 aromatic rings. The van der Waals surface area contributed by atoms with Crippen LogP contribution in [0, 0.1) is 13.8 Å². The van der Waals surface area contributed by atoms with E-state index >= 15 is 0 Å². The van der Waals surface area contributed by atoms with Crippen LogP contribution >= 0.6 is 11.8 Å². The van der Waals surface area contributed by atoms with Gasteiger partial charge in [-0.2, -0.15) is 0 Å². The molecule has 0 atom stereocenters. The lowest BCUT2D eigenvalue weighted by atomic mass is 9.98.